The van der Waals surface area contributed by atoms with Crippen molar-refractivity contribution in [1.29, 1.82) is 0 Å². The number of carbonyl (C=O) groups is 1. The molecule has 3 aromatic heterocycles. The molecule has 23 rings (SSSR count). The van der Waals surface area contributed by atoms with E-state index in [2.05, 4.69) is 155 Å². The molecule has 6 aromatic rings. The summed E-state index contributed by atoms with van der Waals surface area (Å²) in [5.74, 6) is 3.65. The number of pyridine rings is 3. The SMILES string of the molecule is C[C@]12CC=C3C=C4CCC(=O)C[C@]45CC[C@]3(O5)[C@@H]1CC[C@@H]2c1ccc2ccncc2c1.C[C@]12CC=C3C=C4CC[C@@H](N5CC[C@@H](F)C5)C[C@]45CC[C@]3(O5)[C@@H]1CC[C@@H]2c1ccc2ccncc2c1.C[C@]12CC=C3C=C4CC[C@H](N5CC[C@@H](F)C5)C[C@]45CC[C@]3(O5)[C@@H]1CC[C@@H]2c1ccc2ccncc2c1. The number of fused-ring (bicyclic) bond motifs is 6. The lowest BCUT2D eigenvalue weighted by Crippen LogP contribution is -2.55. The average molecular weight is 1380 g/mol. The van der Waals surface area contributed by atoms with Gasteiger partial charge in [-0.05, 0) is 309 Å². The Morgan fingerprint density at radius 3 is 1.18 bits per heavy atom. The first-order valence-corrected chi connectivity index (χ1v) is 40.7. The van der Waals surface area contributed by atoms with Crippen LogP contribution in [0, 0.1) is 34.0 Å². The molecule has 0 N–H and O–H groups in total. The van der Waals surface area contributed by atoms with Gasteiger partial charge in [-0.2, -0.15) is 0 Å². The molecule has 17 aliphatic rings. The third-order valence-corrected chi connectivity index (χ3v) is 32.4. The van der Waals surface area contributed by atoms with Gasteiger partial charge in [0, 0.05) is 104 Å². The number of Topliss-reactive ketones (excluding diaryl/α,β-unsaturated/α-hetero) is 1. The van der Waals surface area contributed by atoms with Crippen LogP contribution in [0.1, 0.15) is 222 Å². The Kier molecular flexibility index (Phi) is 14.7. The standard InChI is InChI=1S/2C32H37FN2O.C28H29NO2/c2*1-30-11-8-25-17-24-4-5-27(35-15-10-26(33)20-35)18-31(24)12-13-32(25,36-31)29(30)7-6-28(30)22-3-2-21-9-14-34-19-23(21)16-22;1-26-10-8-22-15-21-4-5-23(30)16-27(21)11-12-28(22,31-27)25(26)7-6-24(26)19-3-2-18-9-13-29-17-20(18)14-19/h2*2-3,8-9,14,16-17,19,26-29H,4-7,10-13,15,18,20H2,1H3;2-3,8-9,13-15,17,24-25H,4-7,10-12,16H2,1H3/t26-,27+,28-,29-,30-,31-,32-;26-,27-,28-,29-,30-,31-,32-;24-,25-,26-,27-,28-/m111/s1. The van der Waals surface area contributed by atoms with Crippen molar-refractivity contribution in [2.45, 2.75) is 263 Å². The smallest absolute Gasteiger partial charge is 0.136 e. The van der Waals surface area contributed by atoms with Crippen molar-refractivity contribution >= 4 is 38.1 Å². The molecular formula is C92H103F2N5O4. The van der Waals surface area contributed by atoms with E-state index >= 15 is 0 Å². The van der Waals surface area contributed by atoms with Crippen molar-refractivity contribution in [2.24, 2.45) is 34.0 Å². The van der Waals surface area contributed by atoms with Crippen LogP contribution in [0.5, 0.6) is 0 Å². The van der Waals surface area contributed by atoms with Crippen LogP contribution < -0.4 is 0 Å². The van der Waals surface area contributed by atoms with Crippen LogP contribution in [0.4, 0.5) is 8.78 Å². The molecule has 9 nitrogen and oxygen atoms in total. The topological polar surface area (TPSA) is 89.9 Å². The van der Waals surface area contributed by atoms with E-state index in [1.165, 1.54) is 121 Å². The number of ether oxygens (including phenoxy) is 3. The van der Waals surface area contributed by atoms with Crippen LogP contribution in [0.2, 0.25) is 0 Å². The number of ketones is 1. The van der Waals surface area contributed by atoms with Gasteiger partial charge in [-0.1, -0.05) is 93.6 Å². The van der Waals surface area contributed by atoms with E-state index in [-0.39, 0.29) is 49.9 Å². The predicted octanol–water partition coefficient (Wildman–Crippen LogP) is 19.8. The van der Waals surface area contributed by atoms with Crippen molar-refractivity contribution < 1.29 is 27.8 Å². The third kappa shape index (κ3) is 9.60. The summed E-state index contributed by atoms with van der Waals surface area (Å²) in [5, 5.41) is 7.54. The van der Waals surface area contributed by atoms with Gasteiger partial charge in [-0.3, -0.25) is 29.5 Å². The van der Waals surface area contributed by atoms with Gasteiger partial charge in [0.2, 0.25) is 0 Å². The number of carbonyl (C=O) groups excluding carboxylic acids is 1. The highest BCUT2D eigenvalue weighted by molar-refractivity contribution is 5.85. The molecular weight excluding hydrogens is 1280 g/mol. The highest BCUT2D eigenvalue weighted by atomic mass is 19.1. The first-order chi connectivity index (χ1) is 50.0. The molecule has 0 amide bonds. The molecule has 19 atom stereocenters. The Hall–Kier alpha value is -6.34. The van der Waals surface area contributed by atoms with E-state index in [0.717, 1.165) is 116 Å². The molecule has 11 heteroatoms. The van der Waals surface area contributed by atoms with Crippen LogP contribution in [-0.2, 0) is 19.0 Å². The minimum atomic E-state index is -0.642. The van der Waals surface area contributed by atoms with Crippen LogP contribution in [0.3, 0.4) is 0 Å². The monoisotopic (exact) mass is 1380 g/mol. The van der Waals surface area contributed by atoms with Gasteiger partial charge in [0.25, 0.3) is 0 Å². The van der Waals surface area contributed by atoms with Crippen LogP contribution in [0.15, 0.2) is 180 Å². The number of allylic oxidation sites excluding steroid dienone is 3. The number of nitrogens with zero attached hydrogens (tertiary/aromatic N) is 5. The number of hydrogen-bond acceptors (Lipinski definition) is 9. The summed E-state index contributed by atoms with van der Waals surface area (Å²) in [7, 11) is 0. The lowest BCUT2D eigenvalue weighted by atomic mass is 9.58. The highest BCUT2D eigenvalue weighted by Crippen LogP contribution is 2.73. The van der Waals surface area contributed by atoms with E-state index in [0.29, 0.717) is 92.1 Å². The summed E-state index contributed by atoms with van der Waals surface area (Å²) in [5.41, 5.74) is 12.9. The molecule has 0 unspecified atom stereocenters. The molecule has 103 heavy (non-hydrogen) atoms. The molecule has 11 heterocycles. The molecule has 0 radical (unpaired) electrons. The number of aromatic nitrogens is 3. The number of alkyl halides is 2. The molecule has 3 aromatic carbocycles. The van der Waals surface area contributed by atoms with Crippen molar-refractivity contribution in [3.8, 4) is 0 Å². The Morgan fingerprint density at radius 1 is 0.417 bits per heavy atom. The molecule has 11 fully saturated rings. The van der Waals surface area contributed by atoms with Crippen molar-refractivity contribution in [1.82, 2.24) is 24.8 Å². The van der Waals surface area contributed by atoms with Gasteiger partial charge in [0.05, 0.1) is 33.6 Å². The van der Waals surface area contributed by atoms with Crippen molar-refractivity contribution in [3.05, 3.63) is 197 Å². The van der Waals surface area contributed by atoms with Gasteiger partial charge in [0.1, 0.15) is 18.1 Å². The Morgan fingerprint density at radius 2 is 0.796 bits per heavy atom. The Bertz CT molecular complexity index is 4530. The van der Waals surface area contributed by atoms with Crippen molar-refractivity contribution in [3.63, 3.8) is 0 Å². The summed E-state index contributed by atoms with van der Waals surface area (Å²) >= 11 is 0. The normalized spacial score (nSPS) is 42.7. The fraction of sp³-hybridized carbons (Fsp3) is 0.565. The van der Waals surface area contributed by atoms with Gasteiger partial charge in [0.15, 0.2) is 0 Å². The average Bonchev–Trinajstić information content (AvgIpc) is 1.54. The van der Waals surface area contributed by atoms with Crippen LogP contribution >= 0.6 is 0 Å². The predicted molar refractivity (Wildman–Crippen MR) is 402 cm³/mol. The quantitative estimate of drug-likeness (QED) is 0.167. The summed E-state index contributed by atoms with van der Waals surface area (Å²) < 4.78 is 50.1. The van der Waals surface area contributed by atoms with E-state index in [4.69, 9.17) is 14.2 Å². The molecule has 9 aliphatic carbocycles. The van der Waals surface area contributed by atoms with E-state index < -0.39 is 12.3 Å². The molecule has 534 valence electrons. The maximum absolute atomic E-state index is 14.0. The highest BCUT2D eigenvalue weighted by Gasteiger charge is 2.70. The van der Waals surface area contributed by atoms with Gasteiger partial charge < -0.3 is 14.2 Å². The number of hydrogen-bond donors (Lipinski definition) is 0. The minimum Gasteiger partial charge on any atom is -0.359 e. The second-order valence-electron chi connectivity index (χ2n) is 36.8. The molecule has 6 bridgehead atoms. The summed E-state index contributed by atoms with van der Waals surface area (Å²) in [4.78, 5) is 30.3. The largest absolute Gasteiger partial charge is 0.359 e. The third-order valence-electron chi connectivity index (χ3n) is 32.4. The summed E-state index contributed by atoms with van der Waals surface area (Å²) in [6.07, 6.45) is 53.2. The fourth-order valence-corrected chi connectivity index (χ4v) is 27.4. The van der Waals surface area contributed by atoms with Crippen LogP contribution in [-0.4, -0.2) is 115 Å². The zero-order valence-electron chi connectivity index (χ0n) is 61.0. The van der Waals surface area contributed by atoms with Crippen LogP contribution in [0.25, 0.3) is 32.3 Å². The number of rotatable bonds is 5. The number of likely N-dealkylation sites (tertiary alicyclic amines) is 2. The Balaban J connectivity index is 0.000000100. The molecule has 8 aliphatic heterocycles. The summed E-state index contributed by atoms with van der Waals surface area (Å²) in [6, 6.07) is 28.3. The molecule has 6 saturated carbocycles. The fourth-order valence-electron chi connectivity index (χ4n) is 27.4. The maximum Gasteiger partial charge on any atom is 0.136 e. The number of benzene rings is 3. The summed E-state index contributed by atoms with van der Waals surface area (Å²) in [6.45, 7) is 10.7. The minimum absolute atomic E-state index is 0.111. The van der Waals surface area contributed by atoms with Crippen molar-refractivity contribution in [2.75, 3.05) is 26.2 Å². The Labute approximate surface area is 607 Å². The first-order valence-electron chi connectivity index (χ1n) is 40.7. The molecule has 5 saturated heterocycles. The maximum atomic E-state index is 14.0. The van der Waals surface area contributed by atoms with E-state index in [1.807, 2.05) is 37.2 Å². The first kappa shape index (κ1) is 65.0. The second-order valence-corrected chi connectivity index (χ2v) is 36.8. The van der Waals surface area contributed by atoms with Gasteiger partial charge in [-0.15, -0.1) is 0 Å². The van der Waals surface area contributed by atoms with E-state index in [9.17, 15) is 13.6 Å². The van der Waals surface area contributed by atoms with Gasteiger partial charge >= 0.3 is 0 Å². The number of halogens is 2. The zero-order valence-corrected chi connectivity index (χ0v) is 61.0. The lowest BCUT2D eigenvalue weighted by Gasteiger charge is -2.55. The van der Waals surface area contributed by atoms with E-state index in [1.54, 1.807) is 0 Å². The zero-order chi connectivity index (χ0) is 69.1. The second kappa shape index (κ2) is 23.3. The lowest BCUT2D eigenvalue weighted by molar-refractivity contribution is -0.146. The molecule has 6 spiro atoms. The van der Waals surface area contributed by atoms with Gasteiger partial charge in [-0.25, -0.2) is 8.78 Å².